The van der Waals surface area contributed by atoms with Gasteiger partial charge in [-0.15, -0.1) is 0 Å². The van der Waals surface area contributed by atoms with Gasteiger partial charge in [0.25, 0.3) is 0 Å². The molecule has 1 aliphatic heterocycles. The molecule has 1 N–H and O–H groups in total. The second kappa shape index (κ2) is 6.61. The van der Waals surface area contributed by atoms with E-state index in [4.69, 9.17) is 0 Å². The molecule has 0 aromatic heterocycles. The normalized spacial score (nSPS) is 35.1. The average molecular weight is 224 g/mol. The van der Waals surface area contributed by atoms with Gasteiger partial charge in [0.15, 0.2) is 0 Å². The van der Waals surface area contributed by atoms with Crippen LogP contribution in [0.3, 0.4) is 0 Å². The van der Waals surface area contributed by atoms with Crippen molar-refractivity contribution >= 4 is 0 Å². The average Bonchev–Trinajstić information content (AvgIpc) is 2.43. The SMILES string of the molecule is CC1CCCC(N2CCCNCCC2)CC1. The molecule has 0 bridgehead atoms. The highest BCUT2D eigenvalue weighted by Crippen LogP contribution is 2.26. The maximum atomic E-state index is 3.50. The highest BCUT2D eigenvalue weighted by molar-refractivity contribution is 4.78. The van der Waals surface area contributed by atoms with E-state index in [0.717, 1.165) is 12.0 Å². The Morgan fingerprint density at radius 3 is 2.38 bits per heavy atom. The van der Waals surface area contributed by atoms with Gasteiger partial charge in [0.2, 0.25) is 0 Å². The summed E-state index contributed by atoms with van der Waals surface area (Å²) in [6, 6.07) is 0.906. The van der Waals surface area contributed by atoms with Crippen LogP contribution in [0.1, 0.15) is 51.9 Å². The Kier molecular flexibility index (Phi) is 5.11. The van der Waals surface area contributed by atoms with Crippen LogP contribution >= 0.6 is 0 Å². The fourth-order valence-corrected chi connectivity index (χ4v) is 3.25. The molecule has 2 atom stereocenters. The van der Waals surface area contributed by atoms with Crippen molar-refractivity contribution in [1.82, 2.24) is 10.2 Å². The minimum absolute atomic E-state index is 0.906. The molecular formula is C14H28N2. The lowest BCUT2D eigenvalue weighted by molar-refractivity contribution is 0.166. The molecular weight excluding hydrogens is 196 g/mol. The van der Waals surface area contributed by atoms with E-state index in [1.54, 1.807) is 0 Å². The summed E-state index contributed by atoms with van der Waals surface area (Å²) in [6.07, 6.45) is 9.97. The van der Waals surface area contributed by atoms with Crippen LogP contribution in [0, 0.1) is 5.92 Å². The molecule has 0 amide bonds. The van der Waals surface area contributed by atoms with Crippen LogP contribution in [-0.2, 0) is 0 Å². The molecule has 1 aliphatic carbocycles. The van der Waals surface area contributed by atoms with Crippen molar-refractivity contribution in [3.8, 4) is 0 Å². The van der Waals surface area contributed by atoms with Gasteiger partial charge in [0.05, 0.1) is 0 Å². The predicted octanol–water partition coefficient (Wildman–Crippen LogP) is 2.64. The zero-order chi connectivity index (χ0) is 11.2. The van der Waals surface area contributed by atoms with Crippen molar-refractivity contribution in [1.29, 1.82) is 0 Å². The summed E-state index contributed by atoms with van der Waals surface area (Å²) in [5.74, 6) is 0.974. The third kappa shape index (κ3) is 3.74. The number of hydrogen-bond acceptors (Lipinski definition) is 2. The first-order valence-electron chi connectivity index (χ1n) is 7.31. The zero-order valence-electron chi connectivity index (χ0n) is 10.9. The van der Waals surface area contributed by atoms with Crippen molar-refractivity contribution < 1.29 is 0 Å². The summed E-state index contributed by atoms with van der Waals surface area (Å²) in [5, 5.41) is 3.50. The molecule has 1 saturated carbocycles. The maximum absolute atomic E-state index is 3.50. The molecule has 2 heteroatoms. The van der Waals surface area contributed by atoms with Gasteiger partial charge < -0.3 is 10.2 Å². The lowest BCUT2D eigenvalue weighted by atomic mass is 10.0. The Balaban J connectivity index is 1.83. The van der Waals surface area contributed by atoms with E-state index in [2.05, 4.69) is 17.1 Å². The first-order valence-corrected chi connectivity index (χ1v) is 7.31. The van der Waals surface area contributed by atoms with E-state index in [1.807, 2.05) is 0 Å². The lowest BCUT2D eigenvalue weighted by Crippen LogP contribution is -2.40. The quantitative estimate of drug-likeness (QED) is 0.689. The number of rotatable bonds is 1. The van der Waals surface area contributed by atoms with Gasteiger partial charge in [0.1, 0.15) is 0 Å². The van der Waals surface area contributed by atoms with Crippen LogP contribution in [0.5, 0.6) is 0 Å². The summed E-state index contributed by atoms with van der Waals surface area (Å²) >= 11 is 0. The number of nitrogens with zero attached hydrogens (tertiary/aromatic N) is 1. The molecule has 2 aliphatic rings. The Labute approximate surface area is 101 Å². The van der Waals surface area contributed by atoms with Crippen LogP contribution in [0.2, 0.25) is 0 Å². The topological polar surface area (TPSA) is 15.3 Å². The van der Waals surface area contributed by atoms with Crippen molar-refractivity contribution in [3.05, 3.63) is 0 Å². The van der Waals surface area contributed by atoms with E-state index in [9.17, 15) is 0 Å². The highest BCUT2D eigenvalue weighted by atomic mass is 15.2. The molecule has 2 fully saturated rings. The molecule has 0 radical (unpaired) electrons. The van der Waals surface area contributed by atoms with Crippen molar-refractivity contribution in [2.75, 3.05) is 26.2 Å². The van der Waals surface area contributed by atoms with Gasteiger partial charge in [-0.25, -0.2) is 0 Å². The number of nitrogens with one attached hydrogen (secondary N) is 1. The second-order valence-electron chi connectivity index (χ2n) is 5.76. The highest BCUT2D eigenvalue weighted by Gasteiger charge is 2.22. The van der Waals surface area contributed by atoms with Crippen LogP contribution in [0.25, 0.3) is 0 Å². The number of hydrogen-bond donors (Lipinski definition) is 1. The molecule has 2 unspecified atom stereocenters. The molecule has 1 heterocycles. The fourth-order valence-electron chi connectivity index (χ4n) is 3.25. The molecule has 0 aromatic rings. The Hall–Kier alpha value is -0.0800. The molecule has 0 aromatic carbocycles. The maximum Gasteiger partial charge on any atom is 0.00953 e. The van der Waals surface area contributed by atoms with Crippen LogP contribution < -0.4 is 5.32 Å². The fraction of sp³-hybridized carbons (Fsp3) is 1.00. The summed E-state index contributed by atoms with van der Waals surface area (Å²) in [6.45, 7) is 7.52. The van der Waals surface area contributed by atoms with E-state index in [0.29, 0.717) is 0 Å². The molecule has 2 nitrogen and oxygen atoms in total. The van der Waals surface area contributed by atoms with Gasteiger partial charge in [-0.2, -0.15) is 0 Å². The van der Waals surface area contributed by atoms with Crippen LogP contribution in [0.4, 0.5) is 0 Å². The Morgan fingerprint density at radius 2 is 1.62 bits per heavy atom. The van der Waals surface area contributed by atoms with E-state index < -0.39 is 0 Å². The third-order valence-corrected chi connectivity index (χ3v) is 4.34. The van der Waals surface area contributed by atoms with E-state index in [1.165, 1.54) is 71.1 Å². The minimum atomic E-state index is 0.906. The third-order valence-electron chi connectivity index (χ3n) is 4.34. The van der Waals surface area contributed by atoms with E-state index in [-0.39, 0.29) is 0 Å². The smallest absolute Gasteiger partial charge is 0.00953 e. The van der Waals surface area contributed by atoms with Crippen molar-refractivity contribution in [3.63, 3.8) is 0 Å². The van der Waals surface area contributed by atoms with Crippen molar-refractivity contribution in [2.24, 2.45) is 5.92 Å². The summed E-state index contributed by atoms with van der Waals surface area (Å²) in [4.78, 5) is 2.79. The lowest BCUT2D eigenvalue weighted by Gasteiger charge is -2.32. The largest absolute Gasteiger partial charge is 0.317 e. The Bertz CT molecular complexity index is 182. The van der Waals surface area contributed by atoms with Crippen molar-refractivity contribution in [2.45, 2.75) is 57.9 Å². The monoisotopic (exact) mass is 224 g/mol. The van der Waals surface area contributed by atoms with Gasteiger partial charge in [-0.1, -0.05) is 19.8 Å². The van der Waals surface area contributed by atoms with Gasteiger partial charge >= 0.3 is 0 Å². The zero-order valence-corrected chi connectivity index (χ0v) is 10.9. The van der Waals surface area contributed by atoms with Gasteiger partial charge in [-0.3, -0.25) is 0 Å². The minimum Gasteiger partial charge on any atom is -0.317 e. The molecule has 94 valence electrons. The second-order valence-corrected chi connectivity index (χ2v) is 5.76. The molecule has 1 saturated heterocycles. The first kappa shape index (κ1) is 12.4. The Morgan fingerprint density at radius 1 is 0.875 bits per heavy atom. The molecule has 0 spiro atoms. The van der Waals surface area contributed by atoms with Gasteiger partial charge in [-0.05, 0) is 64.2 Å². The standard InChI is InChI=1S/C14H28N2/c1-13-5-2-6-14(8-7-13)16-11-3-9-15-10-4-12-16/h13-15H,2-12H2,1H3. The van der Waals surface area contributed by atoms with Gasteiger partial charge in [0, 0.05) is 6.04 Å². The molecule has 2 rings (SSSR count). The van der Waals surface area contributed by atoms with E-state index >= 15 is 0 Å². The summed E-state index contributed by atoms with van der Waals surface area (Å²) < 4.78 is 0. The summed E-state index contributed by atoms with van der Waals surface area (Å²) in [7, 11) is 0. The first-order chi connectivity index (χ1) is 7.86. The van der Waals surface area contributed by atoms with Crippen LogP contribution in [0.15, 0.2) is 0 Å². The van der Waals surface area contributed by atoms with Crippen LogP contribution in [-0.4, -0.2) is 37.1 Å². The summed E-state index contributed by atoms with van der Waals surface area (Å²) in [5.41, 5.74) is 0. The molecule has 16 heavy (non-hydrogen) atoms. The predicted molar refractivity (Wildman–Crippen MR) is 69.7 cm³/mol.